The second-order valence-corrected chi connectivity index (χ2v) is 5.99. The topological polar surface area (TPSA) is 102 Å². The SMILES string of the molecule is CCOC(=O)NS(=O)(=O)N1CCCc2cc(N)ccc21. The van der Waals surface area contributed by atoms with E-state index in [0.29, 0.717) is 24.3 Å². The molecule has 1 aromatic rings. The standard InChI is InChI=1S/C12H17N3O4S/c1-2-19-12(16)14-20(17,18)15-7-3-4-9-8-10(13)5-6-11(9)15/h5-6,8H,2-4,7,13H2,1H3,(H,14,16). The summed E-state index contributed by atoms with van der Waals surface area (Å²) in [5.41, 5.74) is 7.68. The van der Waals surface area contributed by atoms with Gasteiger partial charge in [0.2, 0.25) is 0 Å². The summed E-state index contributed by atoms with van der Waals surface area (Å²) in [6.07, 6.45) is 0.446. The van der Waals surface area contributed by atoms with Crippen molar-refractivity contribution in [2.24, 2.45) is 0 Å². The highest BCUT2D eigenvalue weighted by molar-refractivity contribution is 7.91. The number of nitrogen functional groups attached to an aromatic ring is 1. The Kier molecular flexibility index (Phi) is 4.03. The summed E-state index contributed by atoms with van der Waals surface area (Å²) in [4.78, 5) is 11.3. The lowest BCUT2D eigenvalue weighted by molar-refractivity contribution is 0.158. The van der Waals surface area contributed by atoms with Gasteiger partial charge in [-0.1, -0.05) is 0 Å². The molecule has 1 aromatic carbocycles. The Balaban J connectivity index is 2.28. The summed E-state index contributed by atoms with van der Waals surface area (Å²) in [5, 5.41) is 0. The molecule has 0 radical (unpaired) electrons. The number of anilines is 2. The van der Waals surface area contributed by atoms with E-state index >= 15 is 0 Å². The Hall–Kier alpha value is -1.96. The van der Waals surface area contributed by atoms with Gasteiger partial charge >= 0.3 is 16.3 Å². The number of aryl methyl sites for hydroxylation is 1. The first-order chi connectivity index (χ1) is 9.44. The maximum Gasteiger partial charge on any atom is 0.422 e. The van der Waals surface area contributed by atoms with E-state index in [9.17, 15) is 13.2 Å². The molecule has 0 fully saturated rings. The second kappa shape index (κ2) is 5.58. The fourth-order valence-electron chi connectivity index (χ4n) is 2.15. The van der Waals surface area contributed by atoms with Crippen LogP contribution >= 0.6 is 0 Å². The van der Waals surface area contributed by atoms with Crippen molar-refractivity contribution in [2.45, 2.75) is 19.8 Å². The van der Waals surface area contributed by atoms with E-state index in [2.05, 4.69) is 4.74 Å². The van der Waals surface area contributed by atoms with Gasteiger partial charge in [-0.15, -0.1) is 0 Å². The van der Waals surface area contributed by atoms with E-state index in [4.69, 9.17) is 5.73 Å². The van der Waals surface area contributed by atoms with Crippen molar-refractivity contribution in [3.05, 3.63) is 23.8 Å². The molecular formula is C12H17N3O4S. The lowest BCUT2D eigenvalue weighted by Crippen LogP contribution is -2.46. The number of hydrogen-bond donors (Lipinski definition) is 2. The molecule has 8 heteroatoms. The number of nitrogens with two attached hydrogens (primary N) is 1. The summed E-state index contributed by atoms with van der Waals surface area (Å²) in [5.74, 6) is 0. The zero-order valence-electron chi connectivity index (χ0n) is 11.1. The molecule has 2 rings (SSSR count). The molecule has 3 N–H and O–H groups in total. The summed E-state index contributed by atoms with van der Waals surface area (Å²) in [6.45, 7) is 2.02. The number of carbonyl (C=O) groups excluding carboxylic acids is 1. The number of hydrogen-bond acceptors (Lipinski definition) is 5. The fourth-order valence-corrected chi connectivity index (χ4v) is 3.34. The zero-order chi connectivity index (χ0) is 14.8. The van der Waals surface area contributed by atoms with Crippen molar-refractivity contribution in [3.63, 3.8) is 0 Å². The molecule has 0 unspecified atom stereocenters. The third-order valence-electron chi connectivity index (χ3n) is 2.96. The van der Waals surface area contributed by atoms with Crippen molar-refractivity contribution in [1.29, 1.82) is 0 Å². The van der Waals surface area contributed by atoms with E-state index in [1.54, 1.807) is 25.1 Å². The summed E-state index contributed by atoms with van der Waals surface area (Å²) in [6, 6.07) is 5.03. The highest BCUT2D eigenvalue weighted by atomic mass is 32.2. The lowest BCUT2D eigenvalue weighted by Gasteiger charge is -2.30. The normalized spacial score (nSPS) is 14.6. The molecule has 110 valence electrons. The van der Waals surface area contributed by atoms with Gasteiger partial charge in [0.25, 0.3) is 0 Å². The molecule has 7 nitrogen and oxygen atoms in total. The third kappa shape index (κ3) is 2.96. The van der Waals surface area contributed by atoms with E-state index < -0.39 is 16.3 Å². The second-order valence-electron chi connectivity index (χ2n) is 4.39. The summed E-state index contributed by atoms with van der Waals surface area (Å²) >= 11 is 0. The van der Waals surface area contributed by atoms with E-state index in [1.165, 1.54) is 4.31 Å². The van der Waals surface area contributed by atoms with Gasteiger partial charge in [0.15, 0.2) is 0 Å². The molecule has 1 heterocycles. The Morgan fingerprint density at radius 1 is 1.50 bits per heavy atom. The Morgan fingerprint density at radius 3 is 2.95 bits per heavy atom. The molecule has 0 saturated carbocycles. The maximum atomic E-state index is 12.2. The van der Waals surface area contributed by atoms with Gasteiger partial charge in [-0.05, 0) is 43.5 Å². The molecule has 1 amide bonds. The van der Waals surface area contributed by atoms with Gasteiger partial charge < -0.3 is 10.5 Å². The predicted octanol–water partition coefficient (Wildman–Crippen LogP) is 1.01. The number of rotatable bonds is 3. The average Bonchev–Trinajstić information content (AvgIpc) is 2.37. The number of carbonyl (C=O) groups is 1. The minimum Gasteiger partial charge on any atom is -0.449 e. The monoisotopic (exact) mass is 299 g/mol. The third-order valence-corrected chi connectivity index (χ3v) is 4.34. The maximum absolute atomic E-state index is 12.2. The Bertz CT molecular complexity index is 615. The number of amides is 1. The number of ether oxygens (including phenoxy) is 1. The van der Waals surface area contributed by atoms with Crippen molar-refractivity contribution in [3.8, 4) is 0 Å². The first-order valence-electron chi connectivity index (χ1n) is 6.29. The van der Waals surface area contributed by atoms with Crippen LogP contribution in [0.3, 0.4) is 0 Å². The molecule has 0 spiro atoms. The van der Waals surface area contributed by atoms with Crippen LogP contribution in [0.5, 0.6) is 0 Å². The lowest BCUT2D eigenvalue weighted by atomic mass is 10.0. The molecule has 0 bridgehead atoms. The van der Waals surface area contributed by atoms with Gasteiger partial charge in [0, 0.05) is 12.2 Å². The van der Waals surface area contributed by atoms with E-state index in [1.807, 2.05) is 4.72 Å². The van der Waals surface area contributed by atoms with Gasteiger partial charge in [-0.3, -0.25) is 4.31 Å². The number of nitrogens with one attached hydrogen (secondary N) is 1. The van der Waals surface area contributed by atoms with Crippen LogP contribution in [0.2, 0.25) is 0 Å². The van der Waals surface area contributed by atoms with Crippen molar-refractivity contribution in [2.75, 3.05) is 23.2 Å². The first-order valence-corrected chi connectivity index (χ1v) is 7.73. The van der Waals surface area contributed by atoms with Gasteiger partial charge in [-0.25, -0.2) is 9.52 Å². The number of fused-ring (bicyclic) bond motifs is 1. The van der Waals surface area contributed by atoms with Gasteiger partial charge in [-0.2, -0.15) is 8.42 Å². The van der Waals surface area contributed by atoms with Crippen LogP contribution in [0.4, 0.5) is 16.2 Å². The van der Waals surface area contributed by atoms with Crippen LogP contribution in [-0.4, -0.2) is 27.7 Å². The van der Waals surface area contributed by atoms with Crippen molar-refractivity contribution < 1.29 is 17.9 Å². The molecular weight excluding hydrogens is 282 g/mol. The largest absolute Gasteiger partial charge is 0.449 e. The predicted molar refractivity (Wildman–Crippen MR) is 75.6 cm³/mol. The number of nitrogens with zero attached hydrogens (tertiary/aromatic N) is 1. The van der Waals surface area contributed by atoms with Crippen LogP contribution < -0.4 is 14.8 Å². The smallest absolute Gasteiger partial charge is 0.422 e. The molecule has 1 aliphatic heterocycles. The highest BCUT2D eigenvalue weighted by Gasteiger charge is 2.29. The Morgan fingerprint density at radius 2 is 2.25 bits per heavy atom. The minimum atomic E-state index is -3.96. The van der Waals surface area contributed by atoms with Gasteiger partial charge in [0.05, 0.1) is 12.3 Å². The molecule has 1 aliphatic rings. The molecule has 0 atom stereocenters. The quantitative estimate of drug-likeness (QED) is 0.811. The van der Waals surface area contributed by atoms with Crippen molar-refractivity contribution >= 4 is 27.7 Å². The first kappa shape index (κ1) is 14.4. The zero-order valence-corrected chi connectivity index (χ0v) is 11.9. The summed E-state index contributed by atoms with van der Waals surface area (Å²) in [7, 11) is -3.96. The molecule has 0 aliphatic carbocycles. The molecule has 0 saturated heterocycles. The van der Waals surface area contributed by atoms with Crippen LogP contribution in [0.15, 0.2) is 18.2 Å². The van der Waals surface area contributed by atoms with Gasteiger partial charge in [0.1, 0.15) is 0 Å². The molecule has 20 heavy (non-hydrogen) atoms. The van der Waals surface area contributed by atoms with Crippen LogP contribution in [0, 0.1) is 0 Å². The van der Waals surface area contributed by atoms with Crippen LogP contribution in [0.25, 0.3) is 0 Å². The van der Waals surface area contributed by atoms with E-state index in [-0.39, 0.29) is 6.61 Å². The average molecular weight is 299 g/mol. The van der Waals surface area contributed by atoms with Crippen LogP contribution in [-0.2, 0) is 21.4 Å². The van der Waals surface area contributed by atoms with Crippen LogP contribution in [0.1, 0.15) is 18.9 Å². The highest BCUT2D eigenvalue weighted by Crippen LogP contribution is 2.30. The van der Waals surface area contributed by atoms with Crippen molar-refractivity contribution in [1.82, 2.24) is 4.72 Å². The molecule has 0 aromatic heterocycles. The van der Waals surface area contributed by atoms with E-state index in [0.717, 1.165) is 12.0 Å². The minimum absolute atomic E-state index is 0.106. The fraction of sp³-hybridized carbons (Fsp3) is 0.417. The number of benzene rings is 1. The summed E-state index contributed by atoms with van der Waals surface area (Å²) < 4.78 is 32.1. The Labute approximate surface area is 117 Å².